The number of hydrogen-bond acceptors (Lipinski definition) is 3. The van der Waals surface area contributed by atoms with Crippen LogP contribution in [0.25, 0.3) is 0 Å². The molecule has 0 spiro atoms. The molecule has 2 aromatic carbocycles. The molecular formula is C16H15FO3. The molecule has 0 bridgehead atoms. The van der Waals surface area contributed by atoms with Crippen LogP contribution in [-0.2, 0) is 0 Å². The van der Waals surface area contributed by atoms with Gasteiger partial charge in [0.2, 0.25) is 0 Å². The molecule has 0 heterocycles. The average Bonchev–Trinajstić information content (AvgIpc) is 2.44. The van der Waals surface area contributed by atoms with Crippen molar-refractivity contribution in [2.45, 2.75) is 6.92 Å². The van der Waals surface area contributed by atoms with Crippen molar-refractivity contribution in [2.24, 2.45) is 0 Å². The van der Waals surface area contributed by atoms with Gasteiger partial charge < -0.3 is 9.47 Å². The van der Waals surface area contributed by atoms with E-state index in [1.807, 2.05) is 0 Å². The first-order valence-electron chi connectivity index (χ1n) is 6.27. The van der Waals surface area contributed by atoms with E-state index in [1.54, 1.807) is 36.4 Å². The average molecular weight is 274 g/mol. The molecule has 0 aliphatic heterocycles. The molecule has 0 amide bonds. The summed E-state index contributed by atoms with van der Waals surface area (Å²) in [7, 11) is 0. The monoisotopic (exact) mass is 274 g/mol. The molecule has 0 aliphatic carbocycles. The Morgan fingerprint density at radius 1 is 1.00 bits per heavy atom. The van der Waals surface area contributed by atoms with Gasteiger partial charge in [-0.1, -0.05) is 18.2 Å². The maximum atomic E-state index is 12.9. The van der Waals surface area contributed by atoms with Crippen molar-refractivity contribution in [3.8, 4) is 11.5 Å². The molecule has 0 aliphatic rings. The van der Waals surface area contributed by atoms with E-state index in [-0.39, 0.29) is 11.6 Å². The quantitative estimate of drug-likeness (QED) is 0.597. The van der Waals surface area contributed by atoms with Crippen LogP contribution in [0.15, 0.2) is 48.5 Å². The zero-order valence-corrected chi connectivity index (χ0v) is 11.1. The highest BCUT2D eigenvalue weighted by atomic mass is 19.1. The molecule has 2 aromatic rings. The Morgan fingerprint density at radius 3 is 2.20 bits per heavy atom. The Bertz CT molecular complexity index is 596. The summed E-state index contributed by atoms with van der Waals surface area (Å²) in [6, 6.07) is 12.9. The molecular weight excluding hydrogens is 259 g/mol. The molecule has 3 nitrogen and oxygen atoms in total. The van der Waals surface area contributed by atoms with Crippen LogP contribution in [0.3, 0.4) is 0 Å². The van der Waals surface area contributed by atoms with E-state index < -0.39 is 0 Å². The van der Waals surface area contributed by atoms with Gasteiger partial charge in [-0.2, -0.15) is 0 Å². The molecule has 2 rings (SSSR count). The maximum Gasteiger partial charge on any atom is 0.159 e. The van der Waals surface area contributed by atoms with Gasteiger partial charge in [0.25, 0.3) is 0 Å². The summed E-state index contributed by atoms with van der Waals surface area (Å²) in [5.41, 5.74) is 0.605. The lowest BCUT2D eigenvalue weighted by atomic mass is 10.1. The van der Waals surface area contributed by atoms with E-state index in [2.05, 4.69) is 0 Å². The Kier molecular flexibility index (Phi) is 4.71. The second-order valence-corrected chi connectivity index (χ2v) is 4.24. The smallest absolute Gasteiger partial charge is 0.159 e. The fourth-order valence-corrected chi connectivity index (χ4v) is 1.68. The molecule has 104 valence electrons. The van der Waals surface area contributed by atoms with E-state index >= 15 is 0 Å². The number of hydrogen-bond donors (Lipinski definition) is 0. The predicted octanol–water partition coefficient (Wildman–Crippen LogP) is 3.49. The van der Waals surface area contributed by atoms with Gasteiger partial charge in [0.05, 0.1) is 0 Å². The summed E-state index contributed by atoms with van der Waals surface area (Å²) < 4.78 is 23.8. The Morgan fingerprint density at radius 2 is 1.60 bits per heavy atom. The van der Waals surface area contributed by atoms with Crippen molar-refractivity contribution in [3.63, 3.8) is 0 Å². The summed E-state index contributed by atoms with van der Waals surface area (Å²) in [4.78, 5) is 11.2. The summed E-state index contributed by atoms with van der Waals surface area (Å²) >= 11 is 0. The molecule has 0 fully saturated rings. The molecule has 0 atom stereocenters. The van der Waals surface area contributed by atoms with E-state index in [1.165, 1.54) is 19.1 Å². The fraction of sp³-hybridized carbons (Fsp3) is 0.188. The Labute approximate surface area is 117 Å². The van der Waals surface area contributed by atoms with Crippen molar-refractivity contribution >= 4 is 5.78 Å². The predicted molar refractivity (Wildman–Crippen MR) is 73.8 cm³/mol. The zero-order valence-electron chi connectivity index (χ0n) is 11.1. The number of carbonyl (C=O) groups is 1. The van der Waals surface area contributed by atoms with Crippen LogP contribution in [0.4, 0.5) is 4.39 Å². The van der Waals surface area contributed by atoms with Crippen LogP contribution in [0, 0.1) is 5.82 Å². The van der Waals surface area contributed by atoms with Crippen LogP contribution in [-0.4, -0.2) is 19.0 Å². The summed E-state index contributed by atoms with van der Waals surface area (Å²) in [6.07, 6.45) is 0. The first kappa shape index (κ1) is 14.1. The molecule has 0 aromatic heterocycles. The molecule has 0 unspecified atom stereocenters. The van der Waals surface area contributed by atoms with Crippen molar-refractivity contribution < 1.29 is 18.7 Å². The standard InChI is InChI=1S/C16H15FO3/c1-12(18)13-4-2-6-15(10-13)19-8-9-20-16-7-3-5-14(17)11-16/h2-7,10-11H,8-9H2,1H3. The van der Waals surface area contributed by atoms with Gasteiger partial charge in [-0.25, -0.2) is 4.39 Å². The highest BCUT2D eigenvalue weighted by Gasteiger charge is 2.01. The Balaban J connectivity index is 1.81. The first-order valence-corrected chi connectivity index (χ1v) is 6.27. The number of ketones is 1. The van der Waals surface area contributed by atoms with Gasteiger partial charge in [-0.05, 0) is 31.2 Å². The minimum Gasteiger partial charge on any atom is -0.490 e. The summed E-state index contributed by atoms with van der Waals surface area (Å²) in [6.45, 7) is 2.12. The Hall–Kier alpha value is -2.36. The van der Waals surface area contributed by atoms with Gasteiger partial charge in [0, 0.05) is 11.6 Å². The third kappa shape index (κ3) is 4.09. The molecule has 0 radical (unpaired) electrons. The van der Waals surface area contributed by atoms with Crippen LogP contribution in [0.1, 0.15) is 17.3 Å². The lowest BCUT2D eigenvalue weighted by molar-refractivity contribution is 0.101. The molecule has 20 heavy (non-hydrogen) atoms. The highest BCUT2D eigenvalue weighted by Crippen LogP contribution is 2.14. The summed E-state index contributed by atoms with van der Waals surface area (Å²) in [5, 5.41) is 0. The lowest BCUT2D eigenvalue weighted by Crippen LogP contribution is -2.09. The molecule has 0 saturated heterocycles. The van der Waals surface area contributed by atoms with Gasteiger partial charge in [0.1, 0.15) is 30.5 Å². The molecule has 0 N–H and O–H groups in total. The van der Waals surface area contributed by atoms with Gasteiger partial charge in [-0.15, -0.1) is 0 Å². The topological polar surface area (TPSA) is 35.5 Å². The van der Waals surface area contributed by atoms with Crippen molar-refractivity contribution in [1.29, 1.82) is 0 Å². The normalized spacial score (nSPS) is 10.1. The van der Waals surface area contributed by atoms with Gasteiger partial charge in [-0.3, -0.25) is 4.79 Å². The largest absolute Gasteiger partial charge is 0.490 e. The van der Waals surface area contributed by atoms with Crippen LogP contribution >= 0.6 is 0 Å². The van der Waals surface area contributed by atoms with Crippen molar-refractivity contribution in [2.75, 3.05) is 13.2 Å². The van der Waals surface area contributed by atoms with E-state index in [9.17, 15) is 9.18 Å². The van der Waals surface area contributed by atoms with Gasteiger partial charge in [0.15, 0.2) is 5.78 Å². The second kappa shape index (κ2) is 6.70. The SMILES string of the molecule is CC(=O)c1cccc(OCCOc2cccc(F)c2)c1. The molecule has 0 saturated carbocycles. The minimum absolute atomic E-state index is 0.00791. The highest BCUT2D eigenvalue weighted by molar-refractivity contribution is 5.94. The lowest BCUT2D eigenvalue weighted by Gasteiger charge is -2.09. The second-order valence-electron chi connectivity index (χ2n) is 4.24. The number of ether oxygens (including phenoxy) is 2. The zero-order chi connectivity index (χ0) is 14.4. The van der Waals surface area contributed by atoms with E-state index in [4.69, 9.17) is 9.47 Å². The van der Waals surface area contributed by atoms with Crippen LogP contribution in [0.2, 0.25) is 0 Å². The third-order valence-electron chi connectivity index (χ3n) is 2.66. The van der Waals surface area contributed by atoms with Crippen LogP contribution in [0.5, 0.6) is 11.5 Å². The van der Waals surface area contributed by atoms with Gasteiger partial charge >= 0.3 is 0 Å². The molecule has 4 heteroatoms. The number of Topliss-reactive ketones (excluding diaryl/α,β-unsaturated/α-hetero) is 1. The summed E-state index contributed by atoms with van der Waals surface area (Å²) in [5.74, 6) is 0.732. The van der Waals surface area contributed by atoms with E-state index in [0.29, 0.717) is 30.3 Å². The minimum atomic E-state index is -0.336. The van der Waals surface area contributed by atoms with Crippen molar-refractivity contribution in [3.05, 3.63) is 59.9 Å². The van der Waals surface area contributed by atoms with Crippen LogP contribution < -0.4 is 9.47 Å². The third-order valence-corrected chi connectivity index (χ3v) is 2.66. The number of rotatable bonds is 6. The number of benzene rings is 2. The van der Waals surface area contributed by atoms with E-state index in [0.717, 1.165) is 0 Å². The maximum absolute atomic E-state index is 12.9. The fourth-order valence-electron chi connectivity index (χ4n) is 1.68. The van der Waals surface area contributed by atoms with Crippen molar-refractivity contribution in [1.82, 2.24) is 0 Å². The number of halogens is 1. The number of carbonyl (C=O) groups excluding carboxylic acids is 1. The first-order chi connectivity index (χ1) is 9.65.